The van der Waals surface area contributed by atoms with E-state index in [-0.39, 0.29) is 46.0 Å². The third-order valence-corrected chi connectivity index (χ3v) is 8.58. The fraction of sp³-hybridized carbons (Fsp3) is 0.520. The Morgan fingerprint density at radius 1 is 1.20 bits per heavy atom. The summed E-state index contributed by atoms with van der Waals surface area (Å²) in [5, 5.41) is 8.26. The van der Waals surface area contributed by atoms with Gasteiger partial charge in [0.25, 0.3) is 15.9 Å². The fourth-order valence-corrected chi connectivity index (χ4v) is 6.47. The first-order chi connectivity index (χ1) is 18.5. The van der Waals surface area contributed by atoms with Gasteiger partial charge in [-0.3, -0.25) is 9.48 Å². The second-order valence-corrected chi connectivity index (χ2v) is 12.7. The summed E-state index contributed by atoms with van der Waals surface area (Å²) in [5.74, 6) is -1.51. The van der Waals surface area contributed by atoms with Gasteiger partial charge in [-0.25, -0.2) is 22.8 Å². The normalized spacial score (nSPS) is 22.4. The molecule has 3 aromatic heterocycles. The molecule has 0 bridgehead atoms. The van der Waals surface area contributed by atoms with Crippen molar-refractivity contribution in [2.24, 2.45) is 18.9 Å². The molecule has 1 aliphatic heterocycles. The lowest BCUT2D eigenvalue weighted by Gasteiger charge is -2.34. The molecule has 11 nitrogen and oxygen atoms in total. The Morgan fingerprint density at radius 3 is 2.50 bits per heavy atom. The van der Waals surface area contributed by atoms with Gasteiger partial charge in [0, 0.05) is 37.6 Å². The maximum Gasteiger partial charge on any atom is 0.395 e. The number of carbonyl (C=O) groups excluding carboxylic acids is 1. The first-order valence-corrected chi connectivity index (χ1v) is 14.2. The molecule has 1 saturated heterocycles. The smallest absolute Gasteiger partial charge is 0.395 e. The van der Waals surface area contributed by atoms with Gasteiger partial charge in [-0.1, -0.05) is 6.92 Å². The summed E-state index contributed by atoms with van der Waals surface area (Å²) < 4.78 is 74.9. The molecule has 216 valence electrons. The lowest BCUT2D eigenvalue weighted by molar-refractivity contribution is -0.153. The van der Waals surface area contributed by atoms with E-state index in [4.69, 9.17) is 4.74 Å². The Morgan fingerprint density at radius 2 is 1.93 bits per heavy atom. The lowest BCUT2D eigenvalue weighted by Crippen LogP contribution is -2.41. The van der Waals surface area contributed by atoms with E-state index in [2.05, 4.69) is 26.8 Å². The van der Waals surface area contributed by atoms with E-state index in [0.29, 0.717) is 6.54 Å². The number of pyridine rings is 1. The van der Waals surface area contributed by atoms with Crippen molar-refractivity contribution in [3.8, 4) is 11.7 Å². The third-order valence-electron chi connectivity index (χ3n) is 7.14. The van der Waals surface area contributed by atoms with Crippen molar-refractivity contribution in [3.05, 3.63) is 41.9 Å². The minimum Gasteiger partial charge on any atom is -0.473 e. The number of nitrogens with zero attached hydrogens (tertiary/aromatic N) is 6. The van der Waals surface area contributed by atoms with E-state index < -0.39 is 39.7 Å². The maximum atomic E-state index is 13.4. The summed E-state index contributed by atoms with van der Waals surface area (Å²) in [7, 11) is -2.64. The molecule has 40 heavy (non-hydrogen) atoms. The molecule has 0 aromatic carbocycles. The van der Waals surface area contributed by atoms with Crippen molar-refractivity contribution in [1.29, 1.82) is 0 Å². The van der Waals surface area contributed by atoms with Crippen LogP contribution >= 0.6 is 0 Å². The standard InChI is InChI=1S/C25H30F3N7O4S/c1-14-11-24(3,4)34(12-14)22-16(23(36)32-40(37,38)19-13-33(5)30-15(19)2)6-7-20(29-22)35-9-8-21(31-35)39-18-10-17(18)25(26,27)28/h6-9,13-14,17-18H,10-12H2,1-5H3,(H,32,36)/t14-,17-,18?/m0/s1. The van der Waals surface area contributed by atoms with Crippen LogP contribution in [0.4, 0.5) is 19.0 Å². The molecule has 1 saturated carbocycles. The molecule has 3 atom stereocenters. The number of aryl methyl sites for hydroxylation is 2. The van der Waals surface area contributed by atoms with Crippen molar-refractivity contribution in [1.82, 2.24) is 29.3 Å². The molecule has 3 aromatic rings. The highest BCUT2D eigenvalue weighted by Gasteiger charge is 2.58. The Balaban J connectivity index is 1.46. The third kappa shape index (κ3) is 5.38. The molecule has 0 radical (unpaired) electrons. The SMILES string of the molecule is Cc1nn(C)cc1S(=O)(=O)NC(=O)c1ccc(-n2ccc(OC3C[C@@H]3C(F)(F)F)n2)nc1N1C[C@@H](C)CC1(C)C. The first kappa shape index (κ1) is 27.9. The van der Waals surface area contributed by atoms with Crippen LogP contribution in [0.25, 0.3) is 5.82 Å². The van der Waals surface area contributed by atoms with Gasteiger partial charge in [0.05, 0.1) is 17.2 Å². The predicted octanol–water partition coefficient (Wildman–Crippen LogP) is 3.38. The van der Waals surface area contributed by atoms with E-state index in [9.17, 15) is 26.4 Å². The number of aromatic nitrogens is 5. The molecule has 2 fully saturated rings. The Hall–Kier alpha value is -3.62. The highest BCUT2D eigenvalue weighted by atomic mass is 32.2. The average Bonchev–Trinajstić information content (AvgIpc) is 3.16. The van der Waals surface area contributed by atoms with Gasteiger partial charge in [-0.05, 0) is 51.7 Å². The average molecular weight is 582 g/mol. The van der Waals surface area contributed by atoms with Gasteiger partial charge in [-0.2, -0.15) is 18.3 Å². The lowest BCUT2D eigenvalue weighted by atomic mass is 9.97. The number of hydrogen-bond donors (Lipinski definition) is 1. The van der Waals surface area contributed by atoms with Gasteiger partial charge in [0.15, 0.2) is 5.82 Å². The molecular weight excluding hydrogens is 551 g/mol. The number of ether oxygens (including phenoxy) is 1. The highest BCUT2D eigenvalue weighted by Crippen LogP contribution is 2.46. The Kier molecular flexibility index (Phi) is 6.63. The summed E-state index contributed by atoms with van der Waals surface area (Å²) in [6, 6.07) is 4.39. The van der Waals surface area contributed by atoms with Gasteiger partial charge in [0.2, 0.25) is 5.88 Å². The van der Waals surface area contributed by atoms with E-state index >= 15 is 0 Å². The zero-order valence-corrected chi connectivity index (χ0v) is 23.4. The zero-order chi connectivity index (χ0) is 29.2. The summed E-state index contributed by atoms with van der Waals surface area (Å²) in [5.41, 5.74) is -0.100. The minimum absolute atomic E-state index is 0.0231. The van der Waals surface area contributed by atoms with Crippen LogP contribution < -0.4 is 14.4 Å². The zero-order valence-electron chi connectivity index (χ0n) is 22.6. The molecule has 1 amide bonds. The summed E-state index contributed by atoms with van der Waals surface area (Å²) in [4.78, 5) is 19.9. The molecule has 0 spiro atoms. The summed E-state index contributed by atoms with van der Waals surface area (Å²) >= 11 is 0. The van der Waals surface area contributed by atoms with Crippen LogP contribution in [0.3, 0.4) is 0 Å². The van der Waals surface area contributed by atoms with Gasteiger partial charge < -0.3 is 9.64 Å². The molecule has 4 heterocycles. The first-order valence-electron chi connectivity index (χ1n) is 12.7. The van der Waals surface area contributed by atoms with Crippen LogP contribution in [0, 0.1) is 18.8 Å². The molecule has 1 unspecified atom stereocenters. The monoisotopic (exact) mass is 581 g/mol. The number of carbonyl (C=O) groups is 1. The van der Waals surface area contributed by atoms with Crippen molar-refractivity contribution >= 4 is 21.7 Å². The quantitative estimate of drug-likeness (QED) is 0.451. The number of alkyl halides is 3. The van der Waals surface area contributed by atoms with Gasteiger partial charge in [-0.15, -0.1) is 5.10 Å². The van der Waals surface area contributed by atoms with Crippen LogP contribution in [0.2, 0.25) is 0 Å². The minimum atomic E-state index is -4.32. The number of halogens is 3. The van der Waals surface area contributed by atoms with Crippen molar-refractivity contribution < 1.29 is 31.1 Å². The van der Waals surface area contributed by atoms with E-state index in [1.807, 2.05) is 18.7 Å². The number of hydrogen-bond acceptors (Lipinski definition) is 8. The van der Waals surface area contributed by atoms with Crippen LogP contribution in [0.5, 0.6) is 5.88 Å². The van der Waals surface area contributed by atoms with Crippen LogP contribution in [0.15, 0.2) is 35.5 Å². The van der Waals surface area contributed by atoms with E-state index in [0.717, 1.165) is 6.42 Å². The molecule has 5 rings (SSSR count). The predicted molar refractivity (Wildman–Crippen MR) is 138 cm³/mol. The molecule has 1 N–H and O–H groups in total. The number of anilines is 1. The Labute approximate surface area is 229 Å². The van der Waals surface area contributed by atoms with Crippen molar-refractivity contribution in [2.75, 3.05) is 11.4 Å². The molecule has 2 aliphatic rings. The maximum absolute atomic E-state index is 13.4. The number of sulfonamides is 1. The Bertz CT molecular complexity index is 1560. The number of amides is 1. The summed E-state index contributed by atoms with van der Waals surface area (Å²) in [6.45, 7) is 8.20. The highest BCUT2D eigenvalue weighted by molar-refractivity contribution is 7.90. The second kappa shape index (κ2) is 9.49. The summed E-state index contributed by atoms with van der Waals surface area (Å²) in [6.07, 6.45) is -1.78. The topological polar surface area (TPSA) is 124 Å². The van der Waals surface area contributed by atoms with Crippen LogP contribution in [-0.4, -0.2) is 63.2 Å². The number of rotatable bonds is 7. The largest absolute Gasteiger partial charge is 0.473 e. The molecule has 15 heteroatoms. The number of nitrogens with one attached hydrogen (secondary N) is 1. The van der Waals surface area contributed by atoms with Crippen LogP contribution in [0.1, 0.15) is 49.7 Å². The van der Waals surface area contributed by atoms with Gasteiger partial charge >= 0.3 is 6.18 Å². The van der Waals surface area contributed by atoms with E-state index in [1.54, 1.807) is 7.05 Å². The van der Waals surface area contributed by atoms with E-state index in [1.165, 1.54) is 46.9 Å². The van der Waals surface area contributed by atoms with Crippen LogP contribution in [-0.2, 0) is 17.1 Å². The fourth-order valence-electron chi connectivity index (χ4n) is 5.28. The molecule has 1 aliphatic carbocycles. The van der Waals surface area contributed by atoms with Crippen molar-refractivity contribution in [3.63, 3.8) is 0 Å². The molecular formula is C25H30F3N7O4S. The van der Waals surface area contributed by atoms with Crippen molar-refractivity contribution in [2.45, 2.75) is 63.3 Å². The van der Waals surface area contributed by atoms with Gasteiger partial charge in [0.1, 0.15) is 16.8 Å². The second-order valence-electron chi connectivity index (χ2n) is 11.1.